The van der Waals surface area contributed by atoms with Crippen molar-refractivity contribution in [2.75, 3.05) is 0 Å². The van der Waals surface area contributed by atoms with Crippen molar-refractivity contribution in [3.63, 3.8) is 0 Å². The van der Waals surface area contributed by atoms with E-state index in [0.29, 0.717) is 17.8 Å². The molecule has 1 aromatic rings. The fourth-order valence-corrected chi connectivity index (χ4v) is 2.24. The molecule has 92 valence electrons. The molecule has 1 unspecified atom stereocenters. The number of nitrogens with zero attached hydrogens (tertiary/aromatic N) is 3. The van der Waals surface area contributed by atoms with E-state index in [9.17, 15) is 4.79 Å². The number of nitriles is 1. The Morgan fingerprint density at radius 3 is 2.79 bits per heavy atom. The van der Waals surface area contributed by atoms with Crippen LogP contribution in [-0.2, 0) is 11.2 Å². The Morgan fingerprint density at radius 1 is 1.26 bits per heavy atom. The third kappa shape index (κ3) is 2.06. The predicted octanol–water partition coefficient (Wildman–Crippen LogP) is 1.79. The lowest BCUT2D eigenvalue weighted by Crippen LogP contribution is -2.35. The Bertz CT molecular complexity index is 647. The van der Waals surface area contributed by atoms with E-state index in [1.54, 1.807) is 12.1 Å². The van der Waals surface area contributed by atoms with Crippen molar-refractivity contribution in [3.05, 3.63) is 59.8 Å². The van der Waals surface area contributed by atoms with Crippen molar-refractivity contribution in [3.8, 4) is 6.07 Å². The van der Waals surface area contributed by atoms with E-state index in [2.05, 4.69) is 11.1 Å². The summed E-state index contributed by atoms with van der Waals surface area (Å²) in [5.74, 6) is 0.585. The molecule has 0 aromatic heterocycles. The first-order valence-corrected chi connectivity index (χ1v) is 6.03. The summed E-state index contributed by atoms with van der Waals surface area (Å²) in [6.07, 6.45) is 8.06. The van der Waals surface area contributed by atoms with Gasteiger partial charge in [0.25, 0.3) is 5.91 Å². The minimum Gasteiger partial charge on any atom is -0.320 e. The summed E-state index contributed by atoms with van der Waals surface area (Å²) in [6.45, 7) is 0. The fourth-order valence-electron chi connectivity index (χ4n) is 2.24. The monoisotopic (exact) mass is 249 g/mol. The van der Waals surface area contributed by atoms with Crippen molar-refractivity contribution in [1.82, 2.24) is 4.90 Å². The van der Waals surface area contributed by atoms with Gasteiger partial charge >= 0.3 is 0 Å². The fraction of sp³-hybridized carbons (Fsp3) is 0.133. The Balaban J connectivity index is 1.80. The predicted molar refractivity (Wildman–Crippen MR) is 71.2 cm³/mol. The van der Waals surface area contributed by atoms with Crippen LogP contribution in [0.25, 0.3) is 0 Å². The van der Waals surface area contributed by atoms with Crippen molar-refractivity contribution in [2.45, 2.75) is 12.5 Å². The van der Waals surface area contributed by atoms with Gasteiger partial charge in [-0.25, -0.2) is 0 Å². The third-order valence-corrected chi connectivity index (χ3v) is 3.23. The summed E-state index contributed by atoms with van der Waals surface area (Å²) in [5.41, 5.74) is 1.65. The molecule has 1 atom stereocenters. The summed E-state index contributed by atoms with van der Waals surface area (Å²) in [6, 6.07) is 9.10. The highest BCUT2D eigenvalue weighted by Crippen LogP contribution is 2.20. The molecule has 3 rings (SSSR count). The molecule has 0 fully saturated rings. The van der Waals surface area contributed by atoms with Gasteiger partial charge in [0.15, 0.2) is 0 Å². The normalized spacial score (nSPS) is 20.2. The van der Waals surface area contributed by atoms with Crippen molar-refractivity contribution in [1.29, 1.82) is 5.26 Å². The second-order valence-electron chi connectivity index (χ2n) is 4.44. The van der Waals surface area contributed by atoms with E-state index >= 15 is 0 Å². The van der Waals surface area contributed by atoms with Gasteiger partial charge in [-0.2, -0.15) is 10.3 Å². The SMILES string of the molecule is N#Cc1ccc(CC2C(=O)N=C3C=CC=CN32)cc1. The highest BCUT2D eigenvalue weighted by Gasteiger charge is 2.33. The molecule has 0 bridgehead atoms. The molecule has 0 spiro atoms. The van der Waals surface area contributed by atoms with E-state index in [1.165, 1.54) is 0 Å². The number of fused-ring (bicyclic) bond motifs is 1. The van der Waals surface area contributed by atoms with Gasteiger partial charge in [-0.3, -0.25) is 4.79 Å². The molecule has 0 radical (unpaired) electrons. The lowest BCUT2D eigenvalue weighted by atomic mass is 10.0. The van der Waals surface area contributed by atoms with Gasteiger partial charge in [0.2, 0.25) is 0 Å². The van der Waals surface area contributed by atoms with E-state index in [4.69, 9.17) is 5.26 Å². The number of amides is 1. The molecule has 2 aliphatic heterocycles. The minimum absolute atomic E-state index is 0.115. The molecule has 0 saturated heterocycles. The number of amidine groups is 1. The van der Waals surface area contributed by atoms with Crippen LogP contribution < -0.4 is 0 Å². The number of hydrogen-bond acceptors (Lipinski definition) is 3. The van der Waals surface area contributed by atoms with Crippen molar-refractivity contribution in [2.24, 2.45) is 4.99 Å². The van der Waals surface area contributed by atoms with Crippen LogP contribution in [0.4, 0.5) is 0 Å². The molecule has 4 heteroatoms. The first kappa shape index (κ1) is 11.4. The molecule has 2 heterocycles. The Morgan fingerprint density at radius 2 is 2.05 bits per heavy atom. The zero-order valence-electron chi connectivity index (χ0n) is 10.2. The van der Waals surface area contributed by atoms with E-state index in [1.807, 2.05) is 41.5 Å². The minimum atomic E-state index is -0.274. The zero-order chi connectivity index (χ0) is 13.2. The van der Waals surface area contributed by atoms with Crippen LogP contribution in [0, 0.1) is 11.3 Å². The smallest absolute Gasteiger partial charge is 0.271 e. The molecule has 4 nitrogen and oxygen atoms in total. The quantitative estimate of drug-likeness (QED) is 0.803. The Kier molecular flexibility index (Phi) is 2.73. The zero-order valence-corrected chi connectivity index (χ0v) is 10.2. The molecular weight excluding hydrogens is 238 g/mol. The first-order chi connectivity index (χ1) is 9.28. The van der Waals surface area contributed by atoms with Gasteiger partial charge < -0.3 is 4.90 Å². The van der Waals surface area contributed by atoms with Gasteiger partial charge in [0.05, 0.1) is 11.6 Å². The maximum absolute atomic E-state index is 11.9. The molecule has 0 saturated carbocycles. The largest absolute Gasteiger partial charge is 0.320 e. The molecule has 2 aliphatic rings. The van der Waals surface area contributed by atoms with E-state index in [0.717, 1.165) is 5.56 Å². The van der Waals surface area contributed by atoms with Crippen LogP contribution in [0.1, 0.15) is 11.1 Å². The van der Waals surface area contributed by atoms with Crippen LogP contribution in [-0.4, -0.2) is 22.7 Å². The number of rotatable bonds is 2. The number of hydrogen-bond donors (Lipinski definition) is 0. The average Bonchev–Trinajstić information content (AvgIpc) is 2.76. The standard InChI is InChI=1S/C15H11N3O/c16-10-12-6-4-11(5-7-12)9-13-15(19)17-14-3-1-2-8-18(13)14/h1-8,13H,9H2. The second kappa shape index (κ2) is 4.54. The summed E-state index contributed by atoms with van der Waals surface area (Å²) >= 11 is 0. The lowest BCUT2D eigenvalue weighted by molar-refractivity contribution is -0.119. The maximum atomic E-state index is 11.9. The van der Waals surface area contributed by atoms with E-state index < -0.39 is 0 Å². The number of carbonyl (C=O) groups excluding carboxylic acids is 1. The number of carbonyl (C=O) groups is 1. The highest BCUT2D eigenvalue weighted by molar-refractivity contribution is 6.10. The van der Waals surface area contributed by atoms with E-state index in [-0.39, 0.29) is 11.9 Å². The summed E-state index contributed by atoms with van der Waals surface area (Å²) in [4.78, 5) is 17.8. The molecule has 19 heavy (non-hydrogen) atoms. The van der Waals surface area contributed by atoms with Gasteiger partial charge in [-0.05, 0) is 29.8 Å². The summed E-state index contributed by atoms with van der Waals surface area (Å²) in [5, 5.41) is 8.76. The highest BCUT2D eigenvalue weighted by atomic mass is 16.2. The van der Waals surface area contributed by atoms with Crippen molar-refractivity contribution >= 4 is 11.7 Å². The topological polar surface area (TPSA) is 56.5 Å². The third-order valence-electron chi connectivity index (χ3n) is 3.23. The van der Waals surface area contributed by atoms with Crippen LogP contribution in [0.15, 0.2) is 53.7 Å². The van der Waals surface area contributed by atoms with Gasteiger partial charge in [0, 0.05) is 12.6 Å². The van der Waals surface area contributed by atoms with Crippen LogP contribution >= 0.6 is 0 Å². The molecule has 0 aliphatic carbocycles. The molecular formula is C15H11N3O. The average molecular weight is 249 g/mol. The molecule has 1 amide bonds. The van der Waals surface area contributed by atoms with Crippen LogP contribution in [0.5, 0.6) is 0 Å². The van der Waals surface area contributed by atoms with Gasteiger partial charge in [-0.15, -0.1) is 0 Å². The second-order valence-corrected chi connectivity index (χ2v) is 4.44. The van der Waals surface area contributed by atoms with Gasteiger partial charge in [-0.1, -0.05) is 18.2 Å². The van der Waals surface area contributed by atoms with Crippen molar-refractivity contribution < 1.29 is 4.79 Å². The maximum Gasteiger partial charge on any atom is 0.271 e. The Hall–Kier alpha value is -2.67. The number of aliphatic imine (C=N–C) groups is 1. The van der Waals surface area contributed by atoms with Crippen LogP contribution in [0.3, 0.4) is 0 Å². The number of allylic oxidation sites excluding steroid dienone is 2. The summed E-state index contributed by atoms with van der Waals surface area (Å²) < 4.78 is 0. The first-order valence-electron chi connectivity index (χ1n) is 6.03. The Labute approximate surface area is 111 Å². The molecule has 1 aromatic carbocycles. The summed E-state index contributed by atoms with van der Waals surface area (Å²) in [7, 11) is 0. The number of benzene rings is 1. The van der Waals surface area contributed by atoms with Gasteiger partial charge in [0.1, 0.15) is 11.9 Å². The van der Waals surface area contributed by atoms with Crippen LogP contribution in [0.2, 0.25) is 0 Å². The molecule has 0 N–H and O–H groups in total. The lowest BCUT2D eigenvalue weighted by Gasteiger charge is -2.23.